The molecule has 0 aromatic carbocycles. The third kappa shape index (κ3) is 4.18. The molecule has 0 saturated heterocycles. The van der Waals surface area contributed by atoms with Crippen molar-refractivity contribution in [2.45, 2.75) is 12.6 Å². The third-order valence-electron chi connectivity index (χ3n) is 2.20. The van der Waals surface area contributed by atoms with Crippen molar-refractivity contribution in [1.29, 1.82) is 0 Å². The number of halogens is 3. The van der Waals surface area contributed by atoms with E-state index in [0.717, 1.165) is 25.2 Å². The van der Waals surface area contributed by atoms with Gasteiger partial charge >= 0.3 is 6.18 Å². The van der Waals surface area contributed by atoms with Gasteiger partial charge in [0, 0.05) is 19.8 Å². The molecular weight excluding hydrogens is 233 g/mol. The van der Waals surface area contributed by atoms with Gasteiger partial charge in [0.25, 0.3) is 0 Å². The molecule has 1 rings (SSSR count). The van der Waals surface area contributed by atoms with Gasteiger partial charge in [-0.25, -0.2) is 9.97 Å². The van der Waals surface area contributed by atoms with Crippen LogP contribution in [0.3, 0.4) is 0 Å². The van der Waals surface area contributed by atoms with E-state index in [1.807, 2.05) is 7.05 Å². The summed E-state index contributed by atoms with van der Waals surface area (Å²) in [5.74, 6) is 0.0935. The number of anilines is 1. The van der Waals surface area contributed by atoms with Crippen LogP contribution < -0.4 is 10.2 Å². The zero-order chi connectivity index (χ0) is 12.9. The number of aromatic nitrogens is 2. The lowest BCUT2D eigenvalue weighted by molar-refractivity contribution is -0.141. The number of hydrogen-bond acceptors (Lipinski definition) is 4. The van der Waals surface area contributed by atoms with Crippen LogP contribution in [0.4, 0.5) is 19.1 Å². The molecule has 0 aliphatic rings. The van der Waals surface area contributed by atoms with Gasteiger partial charge in [-0.15, -0.1) is 0 Å². The average Bonchev–Trinajstić information content (AvgIpc) is 2.28. The van der Waals surface area contributed by atoms with Gasteiger partial charge in [-0.3, -0.25) is 0 Å². The van der Waals surface area contributed by atoms with Crippen molar-refractivity contribution in [2.75, 3.05) is 32.1 Å². The summed E-state index contributed by atoms with van der Waals surface area (Å²) in [5.41, 5.74) is -0.914. The molecule has 1 N–H and O–H groups in total. The van der Waals surface area contributed by atoms with E-state index in [4.69, 9.17) is 0 Å². The fourth-order valence-corrected chi connectivity index (χ4v) is 1.28. The van der Waals surface area contributed by atoms with E-state index in [0.29, 0.717) is 6.54 Å². The zero-order valence-corrected chi connectivity index (χ0v) is 9.75. The fourth-order valence-electron chi connectivity index (χ4n) is 1.28. The largest absolute Gasteiger partial charge is 0.433 e. The van der Waals surface area contributed by atoms with Crippen molar-refractivity contribution < 1.29 is 13.2 Å². The van der Waals surface area contributed by atoms with E-state index in [9.17, 15) is 13.2 Å². The van der Waals surface area contributed by atoms with Gasteiger partial charge in [-0.05, 0) is 26.1 Å². The highest BCUT2D eigenvalue weighted by Crippen LogP contribution is 2.27. The Kier molecular flexibility index (Phi) is 4.68. The summed E-state index contributed by atoms with van der Waals surface area (Å²) in [7, 11) is 3.49. The normalized spacial score (nSPS) is 11.6. The topological polar surface area (TPSA) is 41.0 Å². The molecule has 7 heteroatoms. The second-order valence-corrected chi connectivity index (χ2v) is 3.62. The summed E-state index contributed by atoms with van der Waals surface area (Å²) >= 11 is 0. The fraction of sp³-hybridized carbons (Fsp3) is 0.600. The van der Waals surface area contributed by atoms with E-state index in [1.165, 1.54) is 0 Å². The Labute approximate surface area is 97.9 Å². The minimum atomic E-state index is -4.43. The second-order valence-electron chi connectivity index (χ2n) is 3.62. The predicted octanol–water partition coefficient (Wildman–Crippen LogP) is 1.54. The van der Waals surface area contributed by atoms with Gasteiger partial charge in [0.1, 0.15) is 5.69 Å². The lowest BCUT2D eigenvalue weighted by atomic mass is 10.4. The highest BCUT2D eigenvalue weighted by atomic mass is 19.4. The molecule has 96 valence electrons. The highest BCUT2D eigenvalue weighted by molar-refractivity contribution is 5.29. The van der Waals surface area contributed by atoms with Crippen molar-refractivity contribution in [3.05, 3.63) is 18.0 Å². The van der Waals surface area contributed by atoms with Crippen LogP contribution in [-0.2, 0) is 6.18 Å². The molecule has 17 heavy (non-hydrogen) atoms. The Balaban J connectivity index is 2.71. The number of rotatable bonds is 5. The first-order chi connectivity index (χ1) is 7.95. The SMILES string of the molecule is CNCCCN(C)c1nccc(C(F)(F)F)n1. The van der Waals surface area contributed by atoms with Crippen LogP contribution in [0, 0.1) is 0 Å². The Morgan fingerprint density at radius 1 is 1.41 bits per heavy atom. The Hall–Kier alpha value is -1.37. The van der Waals surface area contributed by atoms with E-state index in [1.54, 1.807) is 11.9 Å². The van der Waals surface area contributed by atoms with Gasteiger partial charge in [-0.1, -0.05) is 0 Å². The Morgan fingerprint density at radius 2 is 2.12 bits per heavy atom. The van der Waals surface area contributed by atoms with E-state index < -0.39 is 11.9 Å². The molecule has 0 radical (unpaired) electrons. The molecule has 0 amide bonds. The maximum absolute atomic E-state index is 12.4. The summed E-state index contributed by atoms with van der Waals surface area (Å²) in [6.07, 6.45) is -2.49. The maximum Gasteiger partial charge on any atom is 0.433 e. The first kappa shape index (κ1) is 13.7. The zero-order valence-electron chi connectivity index (χ0n) is 9.75. The Morgan fingerprint density at radius 3 is 2.71 bits per heavy atom. The molecule has 1 heterocycles. The van der Waals surface area contributed by atoms with E-state index >= 15 is 0 Å². The summed E-state index contributed by atoms with van der Waals surface area (Å²) in [6.45, 7) is 1.39. The molecule has 0 unspecified atom stereocenters. The summed E-state index contributed by atoms with van der Waals surface area (Å²) < 4.78 is 37.3. The van der Waals surface area contributed by atoms with Gasteiger partial charge in [0.15, 0.2) is 0 Å². The summed E-state index contributed by atoms with van der Waals surface area (Å²) in [4.78, 5) is 8.92. The van der Waals surface area contributed by atoms with Gasteiger partial charge in [0.2, 0.25) is 5.95 Å². The molecule has 4 nitrogen and oxygen atoms in total. The summed E-state index contributed by atoms with van der Waals surface area (Å²) in [5, 5.41) is 2.96. The molecule has 0 atom stereocenters. The standard InChI is InChI=1S/C10H15F3N4/c1-14-5-3-7-17(2)9-15-6-4-8(16-9)10(11,12)13/h4,6,14H,3,5,7H2,1-2H3. The van der Waals surface area contributed by atoms with Crippen molar-refractivity contribution in [3.8, 4) is 0 Å². The molecular formula is C10H15F3N4. The smallest absolute Gasteiger partial charge is 0.344 e. The number of alkyl halides is 3. The first-order valence-electron chi connectivity index (χ1n) is 5.21. The van der Waals surface area contributed by atoms with Crippen molar-refractivity contribution in [1.82, 2.24) is 15.3 Å². The molecule has 0 bridgehead atoms. The predicted molar refractivity (Wildman–Crippen MR) is 58.8 cm³/mol. The molecule has 1 aromatic rings. The van der Waals surface area contributed by atoms with E-state index in [-0.39, 0.29) is 5.95 Å². The van der Waals surface area contributed by atoms with Crippen LogP contribution in [0.25, 0.3) is 0 Å². The molecule has 0 spiro atoms. The van der Waals surface area contributed by atoms with Crippen LogP contribution in [0.5, 0.6) is 0 Å². The van der Waals surface area contributed by atoms with Crippen molar-refractivity contribution >= 4 is 5.95 Å². The van der Waals surface area contributed by atoms with Crippen LogP contribution in [-0.4, -0.2) is 37.2 Å². The van der Waals surface area contributed by atoms with Gasteiger partial charge < -0.3 is 10.2 Å². The maximum atomic E-state index is 12.4. The number of nitrogens with one attached hydrogen (secondary N) is 1. The van der Waals surface area contributed by atoms with Gasteiger partial charge in [-0.2, -0.15) is 13.2 Å². The lowest BCUT2D eigenvalue weighted by Crippen LogP contribution is -2.25. The lowest BCUT2D eigenvalue weighted by Gasteiger charge is -2.17. The van der Waals surface area contributed by atoms with Crippen LogP contribution in [0.2, 0.25) is 0 Å². The average molecular weight is 248 g/mol. The van der Waals surface area contributed by atoms with Gasteiger partial charge in [0.05, 0.1) is 0 Å². The number of hydrogen-bond donors (Lipinski definition) is 1. The highest BCUT2D eigenvalue weighted by Gasteiger charge is 2.33. The van der Waals surface area contributed by atoms with Crippen LogP contribution >= 0.6 is 0 Å². The first-order valence-corrected chi connectivity index (χ1v) is 5.21. The van der Waals surface area contributed by atoms with Crippen LogP contribution in [0.15, 0.2) is 12.3 Å². The third-order valence-corrected chi connectivity index (χ3v) is 2.20. The minimum absolute atomic E-state index is 0.0935. The van der Waals surface area contributed by atoms with Crippen molar-refractivity contribution in [3.63, 3.8) is 0 Å². The minimum Gasteiger partial charge on any atom is -0.344 e. The molecule has 0 aliphatic carbocycles. The molecule has 0 fully saturated rings. The Bertz CT molecular complexity index is 354. The molecule has 1 aromatic heterocycles. The monoisotopic (exact) mass is 248 g/mol. The second kappa shape index (κ2) is 5.81. The molecule has 0 saturated carbocycles. The quantitative estimate of drug-likeness (QED) is 0.802. The van der Waals surface area contributed by atoms with Crippen molar-refractivity contribution in [2.24, 2.45) is 0 Å². The molecule has 0 aliphatic heterocycles. The summed E-state index contributed by atoms with van der Waals surface area (Å²) in [6, 6.07) is 0.866. The van der Waals surface area contributed by atoms with E-state index in [2.05, 4.69) is 15.3 Å². The number of nitrogens with zero attached hydrogens (tertiary/aromatic N) is 3. The van der Waals surface area contributed by atoms with Crippen LogP contribution in [0.1, 0.15) is 12.1 Å².